The minimum absolute atomic E-state index is 2.90. The topological polar surface area (TPSA) is 0 Å². The van der Waals surface area contributed by atoms with Gasteiger partial charge in [-0.15, -0.1) is 0 Å². The molecule has 1 nitrogen and oxygen atoms in total. The first-order valence-electron chi connectivity index (χ1n) is 4.95. The van der Waals surface area contributed by atoms with E-state index in [1.165, 1.54) is 0 Å². The summed E-state index contributed by atoms with van der Waals surface area (Å²) in [5.74, 6) is 0. The molecule has 13 heteroatoms. The summed E-state index contributed by atoms with van der Waals surface area (Å²) in [4.78, 5) is 0. The Bertz CT molecular complexity index is 262. The Kier molecular flexibility index (Phi) is 5.48. The van der Waals surface area contributed by atoms with Gasteiger partial charge in [-0.3, -0.25) is 4.48 Å². The maximum Gasteiger partial charge on any atom is 0.438 e. The van der Waals surface area contributed by atoms with Crippen LogP contribution in [0.4, 0.5) is 52.7 Å². The van der Waals surface area contributed by atoms with Gasteiger partial charge >= 0.3 is 24.7 Å². The predicted octanol–water partition coefficient (Wildman–Crippen LogP) is 4.05. The second-order valence-electron chi connectivity index (χ2n) is 4.43. The molecule has 0 aromatic heterocycles. The number of nitrogens with zero attached hydrogens (tertiary/aromatic N) is 1. The summed E-state index contributed by atoms with van der Waals surface area (Å²) < 4.78 is 143. The average Bonchev–Trinajstić information content (AvgIpc) is 1.83. The molecule has 0 fully saturated rings. The fourth-order valence-electron chi connectivity index (χ4n) is 1.86. The number of rotatable bonds is 4. The zero-order valence-electron chi connectivity index (χ0n) is 9.81. The van der Waals surface area contributed by atoms with Crippen LogP contribution in [0, 0.1) is 0 Å². The molecule has 0 radical (unpaired) electrons. The quantitative estimate of drug-likeness (QED) is 0.532. The van der Waals surface area contributed by atoms with E-state index in [2.05, 4.69) is 0 Å². The highest BCUT2D eigenvalue weighted by Gasteiger charge is 2.57. The van der Waals surface area contributed by atoms with E-state index >= 15 is 0 Å². The van der Waals surface area contributed by atoms with Gasteiger partial charge in [0.1, 0.15) is 0 Å². The fourth-order valence-corrected chi connectivity index (χ4v) is 1.86. The van der Waals surface area contributed by atoms with Gasteiger partial charge in [-0.05, 0) is 0 Å². The zero-order chi connectivity index (χ0) is 17.3. The second-order valence-corrected chi connectivity index (χ2v) is 4.43. The van der Waals surface area contributed by atoms with Crippen LogP contribution in [0.3, 0.4) is 0 Å². The molecule has 0 aliphatic heterocycles. The van der Waals surface area contributed by atoms with Gasteiger partial charge in [0.05, 0.1) is 0 Å². The van der Waals surface area contributed by atoms with Crippen LogP contribution in [0.15, 0.2) is 0 Å². The Hall–Kier alpha value is -0.880. The molecule has 0 saturated heterocycles. The lowest BCUT2D eigenvalue weighted by Gasteiger charge is -2.39. The normalized spacial score (nSPS) is 15.4. The Labute approximate surface area is 109 Å². The Balaban J connectivity index is 5.70. The number of hydrogen-bond acceptors (Lipinski definition) is 0. The molecule has 0 saturated carbocycles. The first kappa shape index (κ1) is 20.1. The standard InChI is InChI=1S/C8H8F12N/c9-5(10,11)1-21(2-6(12,13)14,3-7(15,16)17)4-8(18,19)20/h1-4H2/q+1. The van der Waals surface area contributed by atoms with Crippen LogP contribution < -0.4 is 0 Å². The van der Waals surface area contributed by atoms with Gasteiger partial charge in [-0.2, -0.15) is 52.7 Å². The first-order chi connectivity index (χ1) is 8.83. The van der Waals surface area contributed by atoms with Crippen molar-refractivity contribution in [1.82, 2.24) is 0 Å². The number of alkyl halides is 12. The Morgan fingerprint density at radius 2 is 0.524 bits per heavy atom. The van der Waals surface area contributed by atoms with Crippen molar-refractivity contribution >= 4 is 0 Å². The molecule has 0 aromatic rings. The zero-order valence-corrected chi connectivity index (χ0v) is 9.81. The van der Waals surface area contributed by atoms with E-state index in [4.69, 9.17) is 0 Å². The lowest BCUT2D eigenvalue weighted by molar-refractivity contribution is -0.962. The van der Waals surface area contributed by atoms with Crippen molar-refractivity contribution in [1.29, 1.82) is 0 Å². The maximum absolute atomic E-state index is 12.2. The van der Waals surface area contributed by atoms with E-state index in [1.54, 1.807) is 0 Å². The Morgan fingerprint density at radius 3 is 0.619 bits per heavy atom. The minimum atomic E-state index is -5.64. The summed E-state index contributed by atoms with van der Waals surface area (Å²) in [7, 11) is 0. The summed E-state index contributed by atoms with van der Waals surface area (Å²) in [6.45, 7) is -11.6. The lowest BCUT2D eigenvalue weighted by atomic mass is 10.2. The third-order valence-corrected chi connectivity index (χ3v) is 2.06. The van der Waals surface area contributed by atoms with Gasteiger partial charge in [-0.25, -0.2) is 0 Å². The van der Waals surface area contributed by atoms with Crippen molar-refractivity contribution in [2.75, 3.05) is 26.2 Å². The van der Waals surface area contributed by atoms with E-state index in [0.717, 1.165) is 0 Å². The molecule has 0 rings (SSSR count). The van der Waals surface area contributed by atoms with Crippen LogP contribution in [0.2, 0.25) is 0 Å². The molecule has 128 valence electrons. The molecular weight excluding hydrogens is 338 g/mol. The van der Waals surface area contributed by atoms with Crippen LogP contribution in [-0.4, -0.2) is 55.4 Å². The summed E-state index contributed by atoms with van der Waals surface area (Å²) in [6, 6.07) is 0. The SMILES string of the molecule is FC(F)(F)C[N+](CC(F)(F)F)(CC(F)(F)F)CC(F)(F)F. The summed E-state index contributed by atoms with van der Waals surface area (Å²) in [5, 5.41) is 0. The average molecular weight is 346 g/mol. The molecule has 0 N–H and O–H groups in total. The smallest absolute Gasteiger partial charge is 0.294 e. The van der Waals surface area contributed by atoms with Crippen LogP contribution in [0.1, 0.15) is 0 Å². The third-order valence-electron chi connectivity index (χ3n) is 2.06. The monoisotopic (exact) mass is 346 g/mol. The molecule has 0 amide bonds. The number of quaternary nitrogens is 1. The van der Waals surface area contributed by atoms with Gasteiger partial charge < -0.3 is 0 Å². The Morgan fingerprint density at radius 1 is 0.381 bits per heavy atom. The van der Waals surface area contributed by atoms with E-state index in [0.29, 0.717) is 0 Å². The highest BCUT2D eigenvalue weighted by molar-refractivity contribution is 4.64. The van der Waals surface area contributed by atoms with Crippen LogP contribution in [0.25, 0.3) is 0 Å². The third kappa shape index (κ3) is 10.5. The van der Waals surface area contributed by atoms with Crippen LogP contribution in [0.5, 0.6) is 0 Å². The molecule has 21 heavy (non-hydrogen) atoms. The summed E-state index contributed by atoms with van der Waals surface area (Å²) in [5.41, 5.74) is 0. The van der Waals surface area contributed by atoms with E-state index in [1.807, 2.05) is 0 Å². The fraction of sp³-hybridized carbons (Fsp3) is 1.00. The van der Waals surface area contributed by atoms with Gasteiger partial charge in [0, 0.05) is 0 Å². The van der Waals surface area contributed by atoms with Crippen molar-refractivity contribution in [2.45, 2.75) is 24.7 Å². The molecular formula is C8H8F12N+. The van der Waals surface area contributed by atoms with Crippen molar-refractivity contribution in [3.63, 3.8) is 0 Å². The maximum atomic E-state index is 12.2. The predicted molar refractivity (Wildman–Crippen MR) is 43.9 cm³/mol. The van der Waals surface area contributed by atoms with Crippen molar-refractivity contribution < 1.29 is 57.2 Å². The summed E-state index contributed by atoms with van der Waals surface area (Å²) >= 11 is 0. The van der Waals surface area contributed by atoms with Gasteiger partial charge in [0.2, 0.25) is 0 Å². The first-order valence-corrected chi connectivity index (χ1v) is 4.95. The van der Waals surface area contributed by atoms with E-state index < -0.39 is 55.4 Å². The lowest BCUT2D eigenvalue weighted by Crippen LogP contribution is -2.63. The minimum Gasteiger partial charge on any atom is -0.294 e. The van der Waals surface area contributed by atoms with Crippen LogP contribution in [-0.2, 0) is 0 Å². The largest absolute Gasteiger partial charge is 0.438 e. The van der Waals surface area contributed by atoms with Crippen LogP contribution >= 0.6 is 0 Å². The molecule has 0 spiro atoms. The van der Waals surface area contributed by atoms with Gasteiger partial charge in [-0.1, -0.05) is 0 Å². The van der Waals surface area contributed by atoms with E-state index in [9.17, 15) is 52.7 Å². The summed E-state index contributed by atoms with van der Waals surface area (Å²) in [6.07, 6.45) is -22.5. The molecule has 0 bridgehead atoms. The van der Waals surface area contributed by atoms with Crippen molar-refractivity contribution in [2.24, 2.45) is 0 Å². The second kappa shape index (κ2) is 5.72. The molecule has 0 atom stereocenters. The van der Waals surface area contributed by atoms with Crippen molar-refractivity contribution in [3.05, 3.63) is 0 Å². The molecule has 0 heterocycles. The van der Waals surface area contributed by atoms with Gasteiger partial charge in [0.25, 0.3) is 0 Å². The molecule has 0 unspecified atom stereocenters. The van der Waals surface area contributed by atoms with Gasteiger partial charge in [0.15, 0.2) is 26.2 Å². The highest BCUT2D eigenvalue weighted by Crippen LogP contribution is 2.35. The van der Waals surface area contributed by atoms with Crippen molar-refractivity contribution in [3.8, 4) is 0 Å². The molecule has 0 aromatic carbocycles. The highest BCUT2D eigenvalue weighted by atomic mass is 19.4. The van der Waals surface area contributed by atoms with E-state index in [-0.39, 0.29) is 0 Å². The molecule has 0 aliphatic carbocycles. The number of halogens is 12. The number of hydrogen-bond donors (Lipinski definition) is 0. The molecule has 0 aliphatic rings.